The minimum Gasteiger partial charge on any atom is -0.382 e. The summed E-state index contributed by atoms with van der Waals surface area (Å²) in [5, 5.41) is 13.0. The molecule has 220 valence electrons. The molecule has 7 heterocycles. The van der Waals surface area contributed by atoms with E-state index < -0.39 is 9.84 Å². The van der Waals surface area contributed by atoms with Crippen LogP contribution in [-0.4, -0.2) is 77.3 Å². The smallest absolute Gasteiger partial charge is 0.292 e. The molecule has 1 aliphatic carbocycles. The minimum absolute atomic E-state index is 0.000600. The van der Waals surface area contributed by atoms with Gasteiger partial charge in [0.15, 0.2) is 15.5 Å². The highest BCUT2D eigenvalue weighted by Gasteiger charge is 2.46. The lowest BCUT2D eigenvalue weighted by atomic mass is 9.87. The molecule has 1 amide bonds. The normalized spacial score (nSPS) is 21.5. The van der Waals surface area contributed by atoms with E-state index in [2.05, 4.69) is 20.3 Å². The van der Waals surface area contributed by atoms with Crippen LogP contribution in [0.5, 0.6) is 0 Å². The van der Waals surface area contributed by atoms with Gasteiger partial charge in [0.2, 0.25) is 5.82 Å². The Hall–Kier alpha value is -4.24. The van der Waals surface area contributed by atoms with Crippen LogP contribution in [0.1, 0.15) is 64.9 Å². The molecule has 2 saturated heterocycles. The quantitative estimate of drug-likeness (QED) is 0.298. The molecule has 0 spiro atoms. The third-order valence-corrected chi connectivity index (χ3v) is 11.2. The van der Waals surface area contributed by atoms with Gasteiger partial charge in [-0.25, -0.2) is 18.4 Å². The maximum absolute atomic E-state index is 13.2. The average molecular weight is 617 g/mol. The number of fused-ring (bicyclic) bond motifs is 4. The molecule has 13 nitrogen and oxygen atoms in total. The van der Waals surface area contributed by atoms with Gasteiger partial charge in [0.25, 0.3) is 5.91 Å². The first-order chi connectivity index (χ1) is 20.8. The third-order valence-electron chi connectivity index (χ3n) is 8.90. The van der Waals surface area contributed by atoms with Crippen molar-refractivity contribution in [1.82, 2.24) is 44.6 Å². The highest BCUT2D eigenvalue weighted by molar-refractivity contribution is 7.91. The summed E-state index contributed by atoms with van der Waals surface area (Å²) < 4.78 is 27.6. The van der Waals surface area contributed by atoms with Gasteiger partial charge in [0.1, 0.15) is 22.0 Å². The second-order valence-electron chi connectivity index (χ2n) is 11.6. The summed E-state index contributed by atoms with van der Waals surface area (Å²) in [5.41, 5.74) is 10.9. The lowest BCUT2D eigenvalue weighted by molar-refractivity contribution is 0.0556. The van der Waals surface area contributed by atoms with Crippen molar-refractivity contribution in [2.24, 2.45) is 0 Å². The number of H-pyrrole nitrogens is 1. The Labute approximate surface area is 250 Å². The monoisotopic (exact) mass is 616 g/mol. The number of nitrogens with zero attached hydrogens (tertiary/aromatic N) is 8. The fourth-order valence-corrected chi connectivity index (χ4v) is 9.21. The van der Waals surface area contributed by atoms with E-state index in [1.807, 2.05) is 17.0 Å². The summed E-state index contributed by atoms with van der Waals surface area (Å²) in [5.74, 6) is -0.156. The number of hydrogen-bond acceptors (Lipinski definition) is 11. The molecule has 5 aromatic rings. The van der Waals surface area contributed by atoms with Crippen molar-refractivity contribution in [3.8, 4) is 21.8 Å². The van der Waals surface area contributed by atoms with E-state index in [9.17, 15) is 13.2 Å². The lowest BCUT2D eigenvalue weighted by Gasteiger charge is -2.38. The van der Waals surface area contributed by atoms with Gasteiger partial charge in [-0.3, -0.25) is 9.78 Å². The summed E-state index contributed by atoms with van der Waals surface area (Å²) in [6, 6.07) is 3.77. The number of aryl methyl sites for hydroxylation is 2. The molecule has 0 saturated carbocycles. The number of thiazole rings is 1. The van der Waals surface area contributed by atoms with E-state index in [0.29, 0.717) is 29.7 Å². The third kappa shape index (κ3) is 4.24. The highest BCUT2D eigenvalue weighted by Crippen LogP contribution is 2.45. The molecule has 43 heavy (non-hydrogen) atoms. The summed E-state index contributed by atoms with van der Waals surface area (Å²) in [6.45, 7) is 0. The van der Waals surface area contributed by atoms with Crippen LogP contribution in [0.25, 0.3) is 27.5 Å². The summed E-state index contributed by atoms with van der Waals surface area (Å²) in [7, 11) is -3.75. The fourth-order valence-electron chi connectivity index (χ4n) is 7.02. The zero-order valence-corrected chi connectivity index (χ0v) is 24.9. The van der Waals surface area contributed by atoms with Crippen LogP contribution in [0.3, 0.4) is 0 Å². The maximum atomic E-state index is 13.2. The molecule has 15 heteroatoms. The number of rotatable bonds is 5. The lowest BCUT2D eigenvalue weighted by Crippen LogP contribution is -2.46. The van der Waals surface area contributed by atoms with Gasteiger partial charge in [-0.05, 0) is 51.0 Å². The van der Waals surface area contributed by atoms with Crippen molar-refractivity contribution >= 4 is 38.5 Å². The Morgan fingerprint density at radius 1 is 1.12 bits per heavy atom. The molecule has 2 bridgehead atoms. The van der Waals surface area contributed by atoms with Crippen LogP contribution in [-0.2, 0) is 22.7 Å². The molecule has 0 unspecified atom stereocenters. The Bertz CT molecular complexity index is 1960. The second kappa shape index (κ2) is 9.64. The maximum Gasteiger partial charge on any atom is 0.292 e. The Balaban J connectivity index is 1.17. The van der Waals surface area contributed by atoms with E-state index in [1.54, 1.807) is 23.7 Å². The first-order valence-electron chi connectivity index (χ1n) is 14.3. The van der Waals surface area contributed by atoms with Gasteiger partial charge in [-0.15, -0.1) is 21.5 Å². The van der Waals surface area contributed by atoms with Crippen LogP contribution >= 0.6 is 11.3 Å². The largest absolute Gasteiger partial charge is 0.382 e. The summed E-state index contributed by atoms with van der Waals surface area (Å²) >= 11 is 1.70. The zero-order valence-electron chi connectivity index (χ0n) is 23.3. The topological polar surface area (TPSA) is 178 Å². The van der Waals surface area contributed by atoms with E-state index in [4.69, 9.17) is 20.7 Å². The van der Waals surface area contributed by atoms with Crippen LogP contribution in [0, 0.1) is 0 Å². The Morgan fingerprint density at radius 3 is 2.60 bits per heavy atom. The number of pyridine rings is 1. The van der Waals surface area contributed by atoms with Gasteiger partial charge in [0, 0.05) is 46.5 Å². The summed E-state index contributed by atoms with van der Waals surface area (Å²) in [6.07, 6.45) is 12.0. The number of nitrogens with two attached hydrogens (primary N) is 1. The van der Waals surface area contributed by atoms with Crippen molar-refractivity contribution < 1.29 is 13.2 Å². The average Bonchev–Trinajstić information content (AvgIpc) is 3.81. The number of anilines is 1. The molecule has 5 aromatic heterocycles. The van der Waals surface area contributed by atoms with Gasteiger partial charge in [-0.1, -0.05) is 6.07 Å². The van der Waals surface area contributed by atoms with Gasteiger partial charge in [0.05, 0.1) is 23.3 Å². The van der Waals surface area contributed by atoms with Crippen molar-refractivity contribution in [3.05, 3.63) is 52.9 Å². The first kappa shape index (κ1) is 26.4. The number of nitrogens with one attached hydrogen (secondary N) is 1. The van der Waals surface area contributed by atoms with Crippen molar-refractivity contribution in [1.29, 1.82) is 0 Å². The predicted octanol–water partition coefficient (Wildman–Crippen LogP) is 3.06. The number of sulfone groups is 1. The first-order valence-corrected chi connectivity index (χ1v) is 17.0. The summed E-state index contributed by atoms with van der Waals surface area (Å²) in [4.78, 5) is 33.6. The minimum atomic E-state index is -3.75. The standard InChI is InChI=1S/C28H28N10O3S2/c1-43(40,41)23-22(15-9-16-6-7-17(10-15)37(16)28(39)25-31-13-32-36-25)35-26-18(12-33-38(26)24(23)29)14-5-8-20(30-11-14)27-34-19-3-2-4-21(19)42-27/h5,8,11-13,15-17H,2-4,6-7,9-10,29H2,1H3,(H,31,32,36)/t15-,16-,17+. The molecule has 2 aliphatic heterocycles. The number of hydrogen-bond donors (Lipinski definition) is 2. The highest BCUT2D eigenvalue weighted by atomic mass is 32.2. The van der Waals surface area contributed by atoms with E-state index >= 15 is 0 Å². The molecule has 3 aliphatic rings. The number of piperidine rings is 1. The van der Waals surface area contributed by atoms with Gasteiger partial charge < -0.3 is 15.6 Å². The van der Waals surface area contributed by atoms with Crippen molar-refractivity contribution in [3.63, 3.8) is 0 Å². The molecular weight excluding hydrogens is 589 g/mol. The number of aromatic amines is 1. The van der Waals surface area contributed by atoms with Gasteiger partial charge >= 0.3 is 0 Å². The number of amides is 1. The Morgan fingerprint density at radius 2 is 1.93 bits per heavy atom. The number of carbonyl (C=O) groups is 1. The SMILES string of the molecule is CS(=O)(=O)c1c([C@@H]2C[C@H]3CC[C@@H](C2)N3C(=O)c2nnc[nH]2)nc2c(-c3ccc(-c4nc5c(s4)CCC5)nc3)cnn2c1N. The Kier molecular flexibility index (Phi) is 5.92. The van der Waals surface area contributed by atoms with Crippen LogP contribution < -0.4 is 5.73 Å². The fraction of sp³-hybridized carbons (Fsp3) is 0.393. The van der Waals surface area contributed by atoms with E-state index in [-0.39, 0.29) is 40.4 Å². The van der Waals surface area contributed by atoms with E-state index in [0.717, 1.165) is 54.6 Å². The van der Waals surface area contributed by atoms with Gasteiger partial charge in [-0.2, -0.15) is 9.61 Å². The molecule has 8 rings (SSSR count). The second-order valence-corrected chi connectivity index (χ2v) is 14.6. The van der Waals surface area contributed by atoms with Crippen molar-refractivity contribution in [2.75, 3.05) is 12.0 Å². The molecular formula is C28H28N10O3S2. The predicted molar refractivity (Wildman–Crippen MR) is 158 cm³/mol. The number of aromatic nitrogens is 8. The number of carbonyl (C=O) groups excluding carboxylic acids is 1. The molecule has 0 aromatic carbocycles. The molecule has 0 radical (unpaired) electrons. The molecule has 3 N–H and O–H groups in total. The molecule has 2 fully saturated rings. The van der Waals surface area contributed by atoms with Crippen molar-refractivity contribution in [2.45, 2.75) is 67.8 Å². The molecule has 3 atom stereocenters. The van der Waals surface area contributed by atoms with E-state index in [1.165, 1.54) is 21.4 Å². The van der Waals surface area contributed by atoms with Crippen LogP contribution in [0.4, 0.5) is 5.82 Å². The number of nitrogen functional groups attached to an aromatic ring is 1. The van der Waals surface area contributed by atoms with Crippen LogP contribution in [0.15, 0.2) is 35.7 Å². The van der Waals surface area contributed by atoms with Crippen LogP contribution in [0.2, 0.25) is 0 Å². The zero-order chi connectivity index (χ0) is 29.5.